The van der Waals surface area contributed by atoms with Crippen LogP contribution in [0.15, 0.2) is 12.1 Å². The van der Waals surface area contributed by atoms with Crippen molar-refractivity contribution in [2.45, 2.75) is 39.0 Å². The number of ether oxygens (including phenoxy) is 1. The Balaban J connectivity index is 2.21. The van der Waals surface area contributed by atoms with Gasteiger partial charge in [0, 0.05) is 26.8 Å². The van der Waals surface area contributed by atoms with Gasteiger partial charge in [-0.3, -0.25) is 0 Å². The predicted octanol–water partition coefficient (Wildman–Crippen LogP) is 2.69. The highest BCUT2D eigenvalue weighted by Gasteiger charge is 2.16. The van der Waals surface area contributed by atoms with E-state index in [2.05, 4.69) is 24.6 Å². The number of phenols is 1. The van der Waals surface area contributed by atoms with Crippen LogP contribution in [0.3, 0.4) is 0 Å². The van der Waals surface area contributed by atoms with Gasteiger partial charge in [-0.1, -0.05) is 19.6 Å². The van der Waals surface area contributed by atoms with E-state index in [1.54, 1.807) is 4.57 Å². The van der Waals surface area contributed by atoms with Gasteiger partial charge < -0.3 is 19.5 Å². The zero-order valence-corrected chi connectivity index (χ0v) is 13.6. The fourth-order valence-corrected chi connectivity index (χ4v) is 2.78. The predicted molar refractivity (Wildman–Crippen MR) is 81.4 cm³/mol. The van der Waals surface area contributed by atoms with Crippen LogP contribution < -0.4 is 0 Å². The summed E-state index contributed by atoms with van der Waals surface area (Å²) < 4.78 is 20.6. The van der Waals surface area contributed by atoms with Crippen molar-refractivity contribution in [2.75, 3.05) is 6.61 Å². The van der Waals surface area contributed by atoms with E-state index < -0.39 is 13.9 Å². The zero-order valence-electron chi connectivity index (χ0n) is 12.6. The first-order chi connectivity index (χ1) is 9.81. The normalized spacial score (nSPS) is 12.2. The molecule has 1 aromatic heterocycles. The van der Waals surface area contributed by atoms with Crippen molar-refractivity contribution in [3.8, 4) is 5.75 Å². The van der Waals surface area contributed by atoms with Crippen LogP contribution in [0.25, 0.3) is 11.0 Å². The molecule has 0 amide bonds. The summed E-state index contributed by atoms with van der Waals surface area (Å²) in [4.78, 5) is 4.12. The lowest BCUT2D eigenvalue weighted by Gasteiger charge is -2.16. The van der Waals surface area contributed by atoms with Gasteiger partial charge in [0.1, 0.15) is 36.2 Å². The van der Waals surface area contributed by atoms with Crippen molar-refractivity contribution < 1.29 is 19.3 Å². The molecule has 116 valence electrons. The Labute approximate surface area is 124 Å². The lowest BCUT2D eigenvalue weighted by atomic mass is 10.3. The van der Waals surface area contributed by atoms with Crippen molar-refractivity contribution in [3.05, 3.63) is 23.8 Å². The standard InChI is InChI=1S/C14H21FN2O3Si/c1-21(2,3)5-4-20-9-17-11-6-10(15)7-12(19)14(11)16-13(17)8-18/h6-7,18-19H,4-5,8-9H2,1-3H3. The van der Waals surface area contributed by atoms with Crippen molar-refractivity contribution in [3.63, 3.8) is 0 Å². The number of aliphatic hydroxyl groups excluding tert-OH is 1. The molecule has 0 aliphatic rings. The molecule has 0 aliphatic heterocycles. The quantitative estimate of drug-likeness (QED) is 0.636. The van der Waals surface area contributed by atoms with E-state index in [0.29, 0.717) is 17.9 Å². The highest BCUT2D eigenvalue weighted by molar-refractivity contribution is 6.76. The zero-order chi connectivity index (χ0) is 15.6. The minimum absolute atomic E-state index is 0.180. The van der Waals surface area contributed by atoms with Gasteiger partial charge in [-0.25, -0.2) is 9.37 Å². The Kier molecular flexibility index (Phi) is 4.65. The molecule has 0 atom stereocenters. The Morgan fingerprint density at radius 1 is 1.33 bits per heavy atom. The van der Waals surface area contributed by atoms with Crippen LogP contribution in [-0.2, 0) is 18.1 Å². The van der Waals surface area contributed by atoms with Gasteiger partial charge in [0.2, 0.25) is 0 Å². The Morgan fingerprint density at radius 3 is 2.67 bits per heavy atom. The highest BCUT2D eigenvalue weighted by Crippen LogP contribution is 2.26. The summed E-state index contributed by atoms with van der Waals surface area (Å²) in [5.41, 5.74) is 0.693. The van der Waals surface area contributed by atoms with Gasteiger partial charge in [0.25, 0.3) is 0 Å². The molecule has 0 unspecified atom stereocenters. The second-order valence-corrected chi connectivity index (χ2v) is 11.9. The molecule has 1 heterocycles. The largest absolute Gasteiger partial charge is 0.505 e. The van der Waals surface area contributed by atoms with Gasteiger partial charge in [-0.2, -0.15) is 0 Å². The molecule has 0 bridgehead atoms. The molecule has 2 aromatic rings. The highest BCUT2D eigenvalue weighted by atomic mass is 28.3. The van der Waals surface area contributed by atoms with Crippen LogP contribution >= 0.6 is 0 Å². The average Bonchev–Trinajstić information content (AvgIpc) is 2.72. The summed E-state index contributed by atoms with van der Waals surface area (Å²) in [5.74, 6) is -0.438. The Morgan fingerprint density at radius 2 is 2.05 bits per heavy atom. The van der Waals surface area contributed by atoms with Gasteiger partial charge >= 0.3 is 0 Å². The maximum Gasteiger partial charge on any atom is 0.146 e. The van der Waals surface area contributed by atoms with E-state index in [9.17, 15) is 14.6 Å². The van der Waals surface area contributed by atoms with Gasteiger partial charge in [0.15, 0.2) is 0 Å². The Hall–Kier alpha value is -1.44. The van der Waals surface area contributed by atoms with E-state index in [0.717, 1.165) is 12.1 Å². The van der Waals surface area contributed by atoms with E-state index in [-0.39, 0.29) is 24.6 Å². The number of fused-ring (bicyclic) bond motifs is 1. The summed E-state index contributed by atoms with van der Waals surface area (Å²) >= 11 is 0. The lowest BCUT2D eigenvalue weighted by Crippen LogP contribution is -2.22. The number of benzene rings is 1. The number of imidazole rings is 1. The molecule has 0 fully saturated rings. The second-order valence-electron chi connectivity index (χ2n) is 6.25. The SMILES string of the molecule is C[Si](C)(C)CCOCn1c(CO)nc2c(O)cc(F)cc21. The van der Waals surface area contributed by atoms with Crippen molar-refractivity contribution >= 4 is 19.1 Å². The summed E-state index contributed by atoms with van der Waals surface area (Å²) in [5, 5.41) is 19.1. The molecule has 0 spiro atoms. The molecule has 1 aromatic carbocycles. The van der Waals surface area contributed by atoms with Crippen LogP contribution in [0, 0.1) is 5.82 Å². The second kappa shape index (κ2) is 6.13. The van der Waals surface area contributed by atoms with Gasteiger partial charge in [0.05, 0.1) is 5.52 Å². The number of halogens is 1. The molecule has 0 radical (unpaired) electrons. The topological polar surface area (TPSA) is 67.5 Å². The summed E-state index contributed by atoms with van der Waals surface area (Å²) in [6.07, 6.45) is 0. The van der Waals surface area contributed by atoms with Gasteiger partial charge in [-0.05, 0) is 6.04 Å². The van der Waals surface area contributed by atoms with Crippen molar-refractivity contribution in [2.24, 2.45) is 0 Å². The molecular formula is C14H21FN2O3Si. The smallest absolute Gasteiger partial charge is 0.146 e. The van der Waals surface area contributed by atoms with Crippen molar-refractivity contribution in [1.29, 1.82) is 0 Å². The molecular weight excluding hydrogens is 291 g/mol. The third-order valence-corrected chi connectivity index (χ3v) is 4.94. The number of aliphatic hydroxyl groups is 1. The van der Waals surface area contributed by atoms with Crippen LogP contribution in [0.1, 0.15) is 5.82 Å². The average molecular weight is 312 g/mol. The molecule has 7 heteroatoms. The number of aromatic nitrogens is 2. The summed E-state index contributed by atoms with van der Waals surface area (Å²) in [6.45, 7) is 7.27. The lowest BCUT2D eigenvalue weighted by molar-refractivity contribution is 0.0845. The molecule has 0 aliphatic carbocycles. The number of aromatic hydroxyl groups is 1. The van der Waals surface area contributed by atoms with E-state index in [1.807, 2.05) is 0 Å². The van der Waals surface area contributed by atoms with Crippen LogP contribution in [0.5, 0.6) is 5.75 Å². The van der Waals surface area contributed by atoms with E-state index in [4.69, 9.17) is 4.74 Å². The number of nitrogens with zero attached hydrogens (tertiary/aromatic N) is 2. The van der Waals surface area contributed by atoms with Crippen LogP contribution in [0.4, 0.5) is 4.39 Å². The minimum atomic E-state index is -1.17. The third-order valence-electron chi connectivity index (χ3n) is 3.24. The molecule has 5 nitrogen and oxygen atoms in total. The number of phenolic OH excluding ortho intramolecular Hbond substituents is 1. The van der Waals surface area contributed by atoms with Gasteiger partial charge in [-0.15, -0.1) is 0 Å². The maximum absolute atomic E-state index is 13.4. The van der Waals surface area contributed by atoms with E-state index in [1.165, 1.54) is 6.07 Å². The first-order valence-electron chi connectivity index (χ1n) is 6.88. The van der Waals surface area contributed by atoms with E-state index >= 15 is 0 Å². The first-order valence-corrected chi connectivity index (χ1v) is 10.6. The Bertz CT molecular complexity index is 637. The number of hydrogen-bond acceptors (Lipinski definition) is 4. The third kappa shape index (κ3) is 3.81. The number of rotatable bonds is 6. The fraction of sp³-hybridized carbons (Fsp3) is 0.500. The molecule has 21 heavy (non-hydrogen) atoms. The summed E-state index contributed by atoms with van der Waals surface area (Å²) in [6, 6.07) is 3.31. The minimum Gasteiger partial charge on any atom is -0.505 e. The van der Waals surface area contributed by atoms with Crippen LogP contribution in [0.2, 0.25) is 25.7 Å². The monoisotopic (exact) mass is 312 g/mol. The summed E-state index contributed by atoms with van der Waals surface area (Å²) in [7, 11) is -1.17. The maximum atomic E-state index is 13.4. The van der Waals surface area contributed by atoms with Crippen molar-refractivity contribution in [1.82, 2.24) is 9.55 Å². The molecule has 0 saturated carbocycles. The molecule has 2 rings (SSSR count). The molecule has 0 saturated heterocycles. The molecule has 2 N–H and O–H groups in total. The number of hydrogen-bond donors (Lipinski definition) is 2. The van der Waals surface area contributed by atoms with Crippen LogP contribution in [-0.4, -0.2) is 34.4 Å². The fourth-order valence-electron chi connectivity index (χ4n) is 2.02. The first kappa shape index (κ1) is 15.9.